The molecule has 0 unspecified atom stereocenters. The third-order valence-electron chi connectivity index (χ3n) is 5.92. The number of Topliss-reactive ketones (excluding diaryl/α,β-unsaturated/α-hetero) is 1. The molecule has 2 aromatic carbocycles. The van der Waals surface area contributed by atoms with Crippen molar-refractivity contribution in [3.05, 3.63) is 59.7 Å². The maximum atomic E-state index is 13.2. The Morgan fingerprint density at radius 2 is 1.77 bits per heavy atom. The van der Waals surface area contributed by atoms with Crippen molar-refractivity contribution in [3.63, 3.8) is 0 Å². The van der Waals surface area contributed by atoms with Gasteiger partial charge in [-0.3, -0.25) is 9.59 Å². The molecule has 2 aliphatic rings. The molecule has 6 heteroatoms. The van der Waals surface area contributed by atoms with Gasteiger partial charge in [-0.2, -0.15) is 0 Å². The van der Waals surface area contributed by atoms with Crippen molar-refractivity contribution in [3.8, 4) is 0 Å². The number of amides is 1. The van der Waals surface area contributed by atoms with Crippen LogP contribution < -0.4 is 4.90 Å². The van der Waals surface area contributed by atoms with E-state index in [1.165, 1.54) is 0 Å². The van der Waals surface area contributed by atoms with E-state index >= 15 is 0 Å². The van der Waals surface area contributed by atoms with Crippen LogP contribution in [0.1, 0.15) is 33.6 Å². The minimum absolute atomic E-state index is 0.0142. The standard InChI is InChI=1S/C24H28N2O3S/c1-30-22-9-7-18(8-10-22)23(27)20-5-3-11-26(17-20)24(28)19-4-2-6-21(16-19)25-12-14-29-15-13-25/h2,4,6-10,16,20H,3,5,11-15,17H2,1H3/t20-/m0/s1. The smallest absolute Gasteiger partial charge is 0.253 e. The molecule has 2 fully saturated rings. The Labute approximate surface area is 182 Å². The van der Waals surface area contributed by atoms with Gasteiger partial charge in [0, 0.05) is 53.8 Å². The fourth-order valence-corrected chi connectivity index (χ4v) is 4.61. The third-order valence-corrected chi connectivity index (χ3v) is 6.67. The first-order chi connectivity index (χ1) is 14.7. The first-order valence-electron chi connectivity index (χ1n) is 10.6. The Morgan fingerprint density at radius 1 is 1.00 bits per heavy atom. The first kappa shape index (κ1) is 20.9. The number of ether oxygens (including phenoxy) is 1. The van der Waals surface area contributed by atoms with Gasteiger partial charge in [0.2, 0.25) is 0 Å². The van der Waals surface area contributed by atoms with Gasteiger partial charge in [-0.25, -0.2) is 0 Å². The summed E-state index contributed by atoms with van der Waals surface area (Å²) in [5.41, 5.74) is 2.49. The molecule has 0 N–H and O–H groups in total. The summed E-state index contributed by atoms with van der Waals surface area (Å²) in [6.45, 7) is 4.30. The number of likely N-dealkylation sites (tertiary alicyclic amines) is 1. The molecule has 5 nitrogen and oxygen atoms in total. The lowest BCUT2D eigenvalue weighted by atomic mass is 9.89. The number of ketones is 1. The average molecular weight is 425 g/mol. The monoisotopic (exact) mass is 424 g/mol. The Hall–Kier alpha value is -2.31. The second kappa shape index (κ2) is 9.67. The zero-order valence-corrected chi connectivity index (χ0v) is 18.2. The van der Waals surface area contributed by atoms with Crippen molar-refractivity contribution < 1.29 is 14.3 Å². The molecular weight excluding hydrogens is 396 g/mol. The van der Waals surface area contributed by atoms with Crippen LogP contribution in [0.4, 0.5) is 5.69 Å². The summed E-state index contributed by atoms with van der Waals surface area (Å²) in [7, 11) is 0. The summed E-state index contributed by atoms with van der Waals surface area (Å²) in [4.78, 5) is 31.4. The fourth-order valence-electron chi connectivity index (χ4n) is 4.21. The van der Waals surface area contributed by atoms with Gasteiger partial charge in [0.05, 0.1) is 13.2 Å². The van der Waals surface area contributed by atoms with Crippen LogP contribution in [0.25, 0.3) is 0 Å². The second-order valence-electron chi connectivity index (χ2n) is 7.83. The van der Waals surface area contributed by atoms with Crippen molar-refractivity contribution in [1.29, 1.82) is 0 Å². The number of hydrogen-bond acceptors (Lipinski definition) is 5. The Kier molecular flexibility index (Phi) is 6.75. The number of rotatable bonds is 5. The van der Waals surface area contributed by atoms with Crippen molar-refractivity contribution in [1.82, 2.24) is 4.90 Å². The molecule has 2 saturated heterocycles. The predicted molar refractivity (Wildman–Crippen MR) is 121 cm³/mol. The zero-order valence-electron chi connectivity index (χ0n) is 17.4. The summed E-state index contributed by atoms with van der Waals surface area (Å²) in [5.74, 6) is 0.0211. The van der Waals surface area contributed by atoms with Crippen LogP contribution in [-0.4, -0.2) is 62.2 Å². The minimum atomic E-state index is -0.134. The number of anilines is 1. The molecule has 0 bridgehead atoms. The molecule has 158 valence electrons. The van der Waals surface area contributed by atoms with E-state index in [1.807, 2.05) is 59.7 Å². The number of nitrogens with zero attached hydrogens (tertiary/aromatic N) is 2. The number of piperidine rings is 1. The predicted octanol–water partition coefficient (Wildman–Crippen LogP) is 3.98. The highest BCUT2D eigenvalue weighted by atomic mass is 32.2. The van der Waals surface area contributed by atoms with Crippen LogP contribution in [0.15, 0.2) is 53.4 Å². The Morgan fingerprint density at radius 3 is 2.50 bits per heavy atom. The van der Waals surface area contributed by atoms with Crippen LogP contribution in [0.5, 0.6) is 0 Å². The molecule has 4 rings (SSSR count). The molecule has 30 heavy (non-hydrogen) atoms. The lowest BCUT2D eigenvalue weighted by molar-refractivity contribution is 0.0637. The molecule has 1 amide bonds. The number of hydrogen-bond donors (Lipinski definition) is 0. The van der Waals surface area contributed by atoms with E-state index in [0.717, 1.165) is 42.1 Å². The van der Waals surface area contributed by atoms with E-state index in [9.17, 15) is 9.59 Å². The Balaban J connectivity index is 1.45. The van der Waals surface area contributed by atoms with Gasteiger partial charge in [-0.1, -0.05) is 18.2 Å². The maximum Gasteiger partial charge on any atom is 0.253 e. The molecule has 1 atom stereocenters. The average Bonchev–Trinajstić information content (AvgIpc) is 2.84. The zero-order chi connectivity index (χ0) is 20.9. The molecule has 2 aromatic rings. The number of thioether (sulfide) groups is 1. The van der Waals surface area contributed by atoms with E-state index in [2.05, 4.69) is 4.90 Å². The highest BCUT2D eigenvalue weighted by Gasteiger charge is 2.29. The normalized spacial score (nSPS) is 19.6. The van der Waals surface area contributed by atoms with Gasteiger partial charge in [-0.15, -0.1) is 11.8 Å². The number of morpholine rings is 1. The quantitative estimate of drug-likeness (QED) is 0.537. The van der Waals surface area contributed by atoms with Crippen LogP contribution in [0.2, 0.25) is 0 Å². The van der Waals surface area contributed by atoms with Gasteiger partial charge in [-0.05, 0) is 49.4 Å². The van der Waals surface area contributed by atoms with E-state index in [-0.39, 0.29) is 17.6 Å². The highest BCUT2D eigenvalue weighted by Crippen LogP contribution is 2.25. The molecule has 0 spiro atoms. The largest absolute Gasteiger partial charge is 0.378 e. The van der Waals surface area contributed by atoms with Crippen LogP contribution in [0, 0.1) is 5.92 Å². The summed E-state index contributed by atoms with van der Waals surface area (Å²) in [6.07, 6.45) is 3.71. The van der Waals surface area contributed by atoms with Gasteiger partial charge >= 0.3 is 0 Å². The van der Waals surface area contributed by atoms with E-state index in [4.69, 9.17) is 4.74 Å². The van der Waals surface area contributed by atoms with Crippen molar-refractivity contribution in [2.75, 3.05) is 50.5 Å². The molecule has 0 aromatic heterocycles. The third kappa shape index (κ3) is 4.71. The van der Waals surface area contributed by atoms with Crippen molar-refractivity contribution in [2.45, 2.75) is 17.7 Å². The molecule has 0 aliphatic carbocycles. The summed E-state index contributed by atoms with van der Waals surface area (Å²) in [5, 5.41) is 0. The first-order valence-corrected chi connectivity index (χ1v) is 11.8. The van der Waals surface area contributed by atoms with Gasteiger partial charge in [0.25, 0.3) is 5.91 Å². The maximum absolute atomic E-state index is 13.2. The van der Waals surface area contributed by atoms with Crippen LogP contribution >= 0.6 is 11.8 Å². The molecular formula is C24H28N2O3S. The topological polar surface area (TPSA) is 49.9 Å². The number of carbonyl (C=O) groups is 2. The SMILES string of the molecule is CSc1ccc(C(=O)[C@H]2CCCN(C(=O)c3cccc(N4CCOCC4)c3)C2)cc1. The summed E-state index contributed by atoms with van der Waals surface area (Å²) in [6, 6.07) is 15.6. The molecule has 2 heterocycles. The molecule has 0 radical (unpaired) electrons. The van der Waals surface area contributed by atoms with E-state index in [1.54, 1.807) is 11.8 Å². The lowest BCUT2D eigenvalue weighted by Crippen LogP contribution is -2.42. The highest BCUT2D eigenvalue weighted by molar-refractivity contribution is 7.98. The van der Waals surface area contributed by atoms with Crippen LogP contribution in [-0.2, 0) is 4.74 Å². The van der Waals surface area contributed by atoms with Gasteiger partial charge in [0.1, 0.15) is 0 Å². The number of benzene rings is 2. The fraction of sp³-hybridized carbons (Fsp3) is 0.417. The minimum Gasteiger partial charge on any atom is -0.378 e. The van der Waals surface area contributed by atoms with Crippen LogP contribution in [0.3, 0.4) is 0 Å². The van der Waals surface area contributed by atoms with Crippen molar-refractivity contribution >= 4 is 29.1 Å². The molecule has 0 saturated carbocycles. The summed E-state index contributed by atoms with van der Waals surface area (Å²) >= 11 is 1.66. The Bertz CT molecular complexity index is 894. The van der Waals surface area contributed by atoms with E-state index in [0.29, 0.717) is 31.9 Å². The number of carbonyl (C=O) groups excluding carboxylic acids is 2. The lowest BCUT2D eigenvalue weighted by Gasteiger charge is -2.33. The van der Waals surface area contributed by atoms with E-state index < -0.39 is 0 Å². The van der Waals surface area contributed by atoms with Crippen molar-refractivity contribution in [2.24, 2.45) is 5.92 Å². The van der Waals surface area contributed by atoms with Gasteiger partial charge in [0.15, 0.2) is 5.78 Å². The molecule has 2 aliphatic heterocycles. The van der Waals surface area contributed by atoms with Gasteiger partial charge < -0.3 is 14.5 Å². The summed E-state index contributed by atoms with van der Waals surface area (Å²) < 4.78 is 5.43. The second-order valence-corrected chi connectivity index (χ2v) is 8.71.